The Balaban J connectivity index is 3.24. The molecule has 0 spiro atoms. The molecule has 0 aromatic heterocycles. The molecule has 0 rings (SSSR count). The van der Waals surface area contributed by atoms with Gasteiger partial charge in [-0.25, -0.2) is 0 Å². The van der Waals surface area contributed by atoms with Crippen molar-refractivity contribution in [1.29, 1.82) is 0 Å². The summed E-state index contributed by atoms with van der Waals surface area (Å²) in [6.07, 6.45) is 6.21. The van der Waals surface area contributed by atoms with Crippen molar-refractivity contribution in [2.24, 2.45) is 0 Å². The first-order valence-electron chi connectivity index (χ1n) is 4.45. The normalized spacial score (nSPS) is 12.2. The molecule has 0 saturated carbocycles. The van der Waals surface area contributed by atoms with Crippen molar-refractivity contribution in [2.45, 2.75) is 45.6 Å². The molecule has 70 valence electrons. The summed E-state index contributed by atoms with van der Waals surface area (Å²) in [4.78, 5) is 10.5. The molecule has 0 radical (unpaired) electrons. The highest BCUT2D eigenvalue weighted by Gasteiger charge is 2.03. The summed E-state index contributed by atoms with van der Waals surface area (Å²) in [7, 11) is 0. The van der Waals surface area contributed by atoms with E-state index < -0.39 is 0 Å². The van der Waals surface area contributed by atoms with E-state index in [1.165, 1.54) is 6.92 Å². The van der Waals surface area contributed by atoms with Crippen LogP contribution in [0.25, 0.3) is 0 Å². The van der Waals surface area contributed by atoms with Crippen molar-refractivity contribution >= 4 is 5.97 Å². The molecule has 0 heterocycles. The number of rotatable bonds is 6. The van der Waals surface area contributed by atoms with Gasteiger partial charge in [-0.3, -0.25) is 4.79 Å². The Morgan fingerprint density at radius 1 is 1.58 bits per heavy atom. The zero-order chi connectivity index (χ0) is 9.40. The Labute approximate surface area is 74.6 Å². The second-order valence-corrected chi connectivity index (χ2v) is 2.99. The van der Waals surface area contributed by atoms with Gasteiger partial charge in [0.05, 0.1) is 6.10 Å². The molecule has 2 heteroatoms. The van der Waals surface area contributed by atoms with Crippen LogP contribution in [0.2, 0.25) is 0 Å². The van der Waals surface area contributed by atoms with Crippen molar-refractivity contribution in [3.8, 4) is 0 Å². The zero-order valence-corrected chi connectivity index (χ0v) is 8.01. The molecule has 0 aliphatic heterocycles. The lowest BCUT2D eigenvalue weighted by atomic mass is 10.1. The standard InChI is InChI=1S/C10H18O2/c1-4-5-6-7-8-9(2)12-10(3)11/h4,9H,1,5-8H2,2-3H3. The van der Waals surface area contributed by atoms with E-state index in [-0.39, 0.29) is 12.1 Å². The minimum atomic E-state index is -0.189. The lowest BCUT2D eigenvalue weighted by Gasteiger charge is -2.10. The number of carbonyl (C=O) groups excluding carboxylic acids is 1. The first-order chi connectivity index (χ1) is 5.66. The Morgan fingerprint density at radius 3 is 2.75 bits per heavy atom. The third-order valence-electron chi connectivity index (χ3n) is 1.64. The van der Waals surface area contributed by atoms with Gasteiger partial charge in [0, 0.05) is 6.92 Å². The van der Waals surface area contributed by atoms with E-state index in [1.807, 2.05) is 13.0 Å². The van der Waals surface area contributed by atoms with E-state index in [0.29, 0.717) is 0 Å². The number of carbonyl (C=O) groups is 1. The van der Waals surface area contributed by atoms with Crippen LogP contribution < -0.4 is 0 Å². The van der Waals surface area contributed by atoms with Gasteiger partial charge in [-0.05, 0) is 32.6 Å². The fraction of sp³-hybridized carbons (Fsp3) is 0.700. The largest absolute Gasteiger partial charge is 0.463 e. The van der Waals surface area contributed by atoms with E-state index in [1.54, 1.807) is 0 Å². The minimum absolute atomic E-state index is 0.0623. The molecule has 0 fully saturated rings. The predicted octanol–water partition coefficient (Wildman–Crippen LogP) is 2.68. The van der Waals surface area contributed by atoms with Crippen LogP contribution in [0.4, 0.5) is 0 Å². The van der Waals surface area contributed by atoms with Crippen LogP contribution in [0.5, 0.6) is 0 Å². The first-order valence-corrected chi connectivity index (χ1v) is 4.45. The number of allylic oxidation sites excluding steroid dienone is 1. The van der Waals surface area contributed by atoms with Crippen LogP contribution in [0, 0.1) is 0 Å². The summed E-state index contributed by atoms with van der Waals surface area (Å²) in [5.41, 5.74) is 0. The molecule has 0 aromatic rings. The lowest BCUT2D eigenvalue weighted by molar-refractivity contribution is -0.145. The molecule has 2 nitrogen and oxygen atoms in total. The SMILES string of the molecule is C=CCCCCC(C)OC(C)=O. The van der Waals surface area contributed by atoms with Crippen LogP contribution in [0.1, 0.15) is 39.5 Å². The molecule has 1 atom stereocenters. The third kappa shape index (κ3) is 7.32. The Bertz CT molecular complexity index is 141. The maximum atomic E-state index is 10.5. The Hall–Kier alpha value is -0.790. The summed E-state index contributed by atoms with van der Waals surface area (Å²) in [6, 6.07) is 0. The number of ether oxygens (including phenoxy) is 1. The smallest absolute Gasteiger partial charge is 0.302 e. The van der Waals surface area contributed by atoms with Gasteiger partial charge in [-0.2, -0.15) is 0 Å². The summed E-state index contributed by atoms with van der Waals surface area (Å²) < 4.78 is 4.97. The highest BCUT2D eigenvalue weighted by molar-refractivity contribution is 5.66. The zero-order valence-electron chi connectivity index (χ0n) is 8.01. The lowest BCUT2D eigenvalue weighted by Crippen LogP contribution is -2.11. The van der Waals surface area contributed by atoms with Crippen molar-refractivity contribution in [3.05, 3.63) is 12.7 Å². The van der Waals surface area contributed by atoms with Crippen molar-refractivity contribution in [2.75, 3.05) is 0 Å². The monoisotopic (exact) mass is 170 g/mol. The molecule has 0 bridgehead atoms. The van der Waals surface area contributed by atoms with E-state index in [2.05, 4.69) is 6.58 Å². The second kappa shape index (κ2) is 6.89. The van der Waals surface area contributed by atoms with E-state index in [9.17, 15) is 4.79 Å². The number of esters is 1. The summed E-state index contributed by atoms with van der Waals surface area (Å²) in [5.74, 6) is -0.189. The van der Waals surface area contributed by atoms with Gasteiger partial charge in [-0.15, -0.1) is 6.58 Å². The van der Waals surface area contributed by atoms with Crippen LogP contribution >= 0.6 is 0 Å². The van der Waals surface area contributed by atoms with Crippen LogP contribution in [0.3, 0.4) is 0 Å². The second-order valence-electron chi connectivity index (χ2n) is 2.99. The summed E-state index contributed by atoms with van der Waals surface area (Å²) >= 11 is 0. The van der Waals surface area contributed by atoms with Gasteiger partial charge in [-0.1, -0.05) is 6.08 Å². The van der Waals surface area contributed by atoms with Gasteiger partial charge in [0.2, 0.25) is 0 Å². The van der Waals surface area contributed by atoms with Gasteiger partial charge in [0.1, 0.15) is 0 Å². The minimum Gasteiger partial charge on any atom is -0.463 e. The van der Waals surface area contributed by atoms with Crippen molar-refractivity contribution in [3.63, 3.8) is 0 Å². The van der Waals surface area contributed by atoms with Crippen LogP contribution in [0.15, 0.2) is 12.7 Å². The highest BCUT2D eigenvalue weighted by atomic mass is 16.5. The van der Waals surface area contributed by atoms with Gasteiger partial charge in [0.15, 0.2) is 0 Å². The van der Waals surface area contributed by atoms with E-state index in [0.717, 1.165) is 25.7 Å². The maximum absolute atomic E-state index is 10.5. The summed E-state index contributed by atoms with van der Waals surface area (Å²) in [6.45, 7) is 7.01. The quantitative estimate of drug-likeness (QED) is 0.348. The van der Waals surface area contributed by atoms with Crippen molar-refractivity contribution in [1.82, 2.24) is 0 Å². The fourth-order valence-corrected chi connectivity index (χ4v) is 1.06. The van der Waals surface area contributed by atoms with Crippen molar-refractivity contribution < 1.29 is 9.53 Å². The topological polar surface area (TPSA) is 26.3 Å². The third-order valence-corrected chi connectivity index (χ3v) is 1.64. The molecule has 0 saturated heterocycles. The molecular formula is C10H18O2. The average molecular weight is 170 g/mol. The Morgan fingerprint density at radius 2 is 2.25 bits per heavy atom. The summed E-state index contributed by atoms with van der Waals surface area (Å²) in [5, 5.41) is 0. The number of unbranched alkanes of at least 4 members (excludes halogenated alkanes) is 2. The Kier molecular flexibility index (Phi) is 6.44. The maximum Gasteiger partial charge on any atom is 0.302 e. The van der Waals surface area contributed by atoms with Gasteiger partial charge in [0.25, 0.3) is 0 Å². The van der Waals surface area contributed by atoms with Gasteiger partial charge < -0.3 is 4.74 Å². The molecule has 0 aliphatic rings. The molecule has 0 aliphatic carbocycles. The number of hydrogen-bond acceptors (Lipinski definition) is 2. The van der Waals surface area contributed by atoms with E-state index >= 15 is 0 Å². The molecular weight excluding hydrogens is 152 g/mol. The highest BCUT2D eigenvalue weighted by Crippen LogP contribution is 2.06. The molecule has 0 N–H and O–H groups in total. The van der Waals surface area contributed by atoms with Crippen LogP contribution in [-0.2, 0) is 9.53 Å². The first kappa shape index (κ1) is 11.2. The predicted molar refractivity (Wildman–Crippen MR) is 49.9 cm³/mol. The van der Waals surface area contributed by atoms with Gasteiger partial charge >= 0.3 is 5.97 Å². The number of hydrogen-bond donors (Lipinski definition) is 0. The molecule has 0 aromatic carbocycles. The molecule has 0 amide bonds. The fourth-order valence-electron chi connectivity index (χ4n) is 1.06. The average Bonchev–Trinajstić information content (AvgIpc) is 1.97. The van der Waals surface area contributed by atoms with Crippen LogP contribution in [-0.4, -0.2) is 12.1 Å². The molecule has 12 heavy (non-hydrogen) atoms. The van der Waals surface area contributed by atoms with E-state index in [4.69, 9.17) is 4.74 Å². The molecule has 1 unspecified atom stereocenters.